The number of carbonyl (C=O) groups excluding carboxylic acids is 2. The third-order valence-corrected chi connectivity index (χ3v) is 5.81. The van der Waals surface area contributed by atoms with Crippen LogP contribution in [0.2, 0.25) is 0 Å². The molecule has 1 aliphatic heterocycles. The molecule has 0 radical (unpaired) electrons. The molecular formula is C23H26N2O2. The van der Waals surface area contributed by atoms with Gasteiger partial charge in [0.25, 0.3) is 0 Å². The molecule has 0 spiro atoms. The summed E-state index contributed by atoms with van der Waals surface area (Å²) in [5.41, 5.74) is 5.36. The van der Waals surface area contributed by atoms with Crippen molar-refractivity contribution in [3.05, 3.63) is 59.2 Å². The van der Waals surface area contributed by atoms with E-state index in [9.17, 15) is 9.59 Å². The van der Waals surface area contributed by atoms with Gasteiger partial charge in [-0.2, -0.15) is 0 Å². The summed E-state index contributed by atoms with van der Waals surface area (Å²) in [5.74, 6) is -0.327. The Hall–Kier alpha value is -2.62. The predicted molar refractivity (Wildman–Crippen MR) is 108 cm³/mol. The lowest BCUT2D eigenvalue weighted by atomic mass is 10.0. The van der Waals surface area contributed by atoms with E-state index in [2.05, 4.69) is 18.3 Å². The Morgan fingerprint density at radius 1 is 1.11 bits per heavy atom. The van der Waals surface area contributed by atoms with Gasteiger partial charge in [0, 0.05) is 17.9 Å². The van der Waals surface area contributed by atoms with Crippen LogP contribution >= 0.6 is 0 Å². The third kappa shape index (κ3) is 3.36. The van der Waals surface area contributed by atoms with Gasteiger partial charge >= 0.3 is 0 Å². The molecule has 4 heteroatoms. The Morgan fingerprint density at radius 2 is 1.93 bits per heavy atom. The van der Waals surface area contributed by atoms with E-state index in [-0.39, 0.29) is 23.7 Å². The van der Waals surface area contributed by atoms with E-state index < -0.39 is 0 Å². The second kappa shape index (κ2) is 7.18. The highest BCUT2D eigenvalue weighted by Crippen LogP contribution is 2.43. The van der Waals surface area contributed by atoms with Crippen molar-refractivity contribution < 1.29 is 9.59 Å². The zero-order valence-corrected chi connectivity index (χ0v) is 16.0. The van der Waals surface area contributed by atoms with Crippen molar-refractivity contribution in [3.63, 3.8) is 0 Å². The van der Waals surface area contributed by atoms with Gasteiger partial charge in [-0.1, -0.05) is 43.3 Å². The maximum absolute atomic E-state index is 13.0. The number of aryl methyl sites for hydroxylation is 3. The lowest BCUT2D eigenvalue weighted by Crippen LogP contribution is -2.37. The van der Waals surface area contributed by atoms with Crippen molar-refractivity contribution in [3.8, 4) is 0 Å². The van der Waals surface area contributed by atoms with Crippen molar-refractivity contribution in [2.75, 3.05) is 16.8 Å². The van der Waals surface area contributed by atoms with Gasteiger partial charge in [-0.15, -0.1) is 0 Å². The van der Waals surface area contributed by atoms with Crippen LogP contribution in [-0.2, 0) is 22.4 Å². The van der Waals surface area contributed by atoms with Crippen molar-refractivity contribution >= 4 is 23.2 Å². The minimum atomic E-state index is -0.212. The normalized spacial score (nSPS) is 20.7. The van der Waals surface area contributed by atoms with Gasteiger partial charge in [0.15, 0.2) is 0 Å². The Balaban J connectivity index is 1.46. The molecule has 2 amide bonds. The standard InChI is InChI=1S/C23H26N2O2/c1-3-16-10-6-8-15(2)21(16)24-22(26)18-14-19(18)23(27)25-13-7-11-17-9-4-5-12-20(17)25/h4-6,8-10,12,18-19H,3,7,11,13-14H2,1-2H3,(H,24,26). The van der Waals surface area contributed by atoms with Gasteiger partial charge in [0.05, 0.1) is 11.8 Å². The topological polar surface area (TPSA) is 49.4 Å². The average Bonchev–Trinajstić information content (AvgIpc) is 3.49. The number of para-hydroxylation sites is 2. The molecule has 1 fully saturated rings. The number of hydrogen-bond acceptors (Lipinski definition) is 2. The molecule has 2 unspecified atom stereocenters. The van der Waals surface area contributed by atoms with E-state index in [0.717, 1.165) is 48.3 Å². The average molecular weight is 362 g/mol. The van der Waals surface area contributed by atoms with Crippen LogP contribution in [-0.4, -0.2) is 18.4 Å². The molecule has 4 nitrogen and oxygen atoms in total. The fraction of sp³-hybridized carbons (Fsp3) is 0.391. The molecule has 27 heavy (non-hydrogen) atoms. The van der Waals surface area contributed by atoms with Crippen molar-refractivity contribution in [1.29, 1.82) is 0 Å². The Morgan fingerprint density at radius 3 is 2.74 bits per heavy atom. The first-order valence-corrected chi connectivity index (χ1v) is 9.88. The van der Waals surface area contributed by atoms with Crippen molar-refractivity contribution in [2.24, 2.45) is 11.8 Å². The Kier molecular flexibility index (Phi) is 4.73. The lowest BCUT2D eigenvalue weighted by molar-refractivity contribution is -0.123. The highest BCUT2D eigenvalue weighted by atomic mass is 16.2. The number of nitrogens with one attached hydrogen (secondary N) is 1. The zero-order chi connectivity index (χ0) is 19.0. The third-order valence-electron chi connectivity index (χ3n) is 5.81. The summed E-state index contributed by atoms with van der Waals surface area (Å²) in [6.45, 7) is 4.84. The molecule has 4 rings (SSSR count). The number of carbonyl (C=O) groups is 2. The summed E-state index contributed by atoms with van der Waals surface area (Å²) in [6, 6.07) is 14.2. The van der Waals surface area contributed by atoms with Gasteiger partial charge in [0.2, 0.25) is 11.8 Å². The van der Waals surface area contributed by atoms with Crippen LogP contribution in [0.3, 0.4) is 0 Å². The molecule has 140 valence electrons. The number of fused-ring (bicyclic) bond motifs is 1. The summed E-state index contributed by atoms with van der Waals surface area (Å²) in [4.78, 5) is 27.7. The van der Waals surface area contributed by atoms with Gasteiger partial charge in [-0.25, -0.2) is 0 Å². The molecule has 0 bridgehead atoms. The second-order valence-corrected chi connectivity index (χ2v) is 7.62. The fourth-order valence-corrected chi connectivity index (χ4v) is 4.14. The van der Waals surface area contributed by atoms with E-state index in [1.165, 1.54) is 5.56 Å². The Labute approximate surface area is 160 Å². The van der Waals surface area contributed by atoms with E-state index in [1.54, 1.807) is 0 Å². The molecule has 1 N–H and O–H groups in total. The quantitative estimate of drug-likeness (QED) is 0.890. The molecule has 2 aliphatic rings. The number of benzene rings is 2. The minimum Gasteiger partial charge on any atom is -0.325 e. The molecule has 2 aromatic carbocycles. The summed E-state index contributed by atoms with van der Waals surface area (Å²) in [6.07, 6.45) is 3.52. The van der Waals surface area contributed by atoms with Crippen LogP contribution in [0.5, 0.6) is 0 Å². The SMILES string of the molecule is CCc1cccc(C)c1NC(=O)C1CC1C(=O)N1CCCc2ccccc21. The second-order valence-electron chi connectivity index (χ2n) is 7.62. The van der Waals surface area contributed by atoms with Crippen LogP contribution in [0.25, 0.3) is 0 Å². The van der Waals surface area contributed by atoms with Gasteiger partial charge in [0.1, 0.15) is 0 Å². The molecule has 1 aliphatic carbocycles. The van der Waals surface area contributed by atoms with Gasteiger partial charge in [-0.05, 0) is 55.4 Å². The molecule has 1 saturated carbocycles. The molecule has 0 saturated heterocycles. The van der Waals surface area contributed by atoms with Crippen LogP contribution in [0.1, 0.15) is 36.5 Å². The molecule has 1 heterocycles. The number of nitrogens with zero attached hydrogens (tertiary/aromatic N) is 1. The smallest absolute Gasteiger partial charge is 0.230 e. The molecule has 2 atom stereocenters. The monoisotopic (exact) mass is 362 g/mol. The fourth-order valence-electron chi connectivity index (χ4n) is 4.14. The van der Waals surface area contributed by atoms with Gasteiger partial charge in [-0.3, -0.25) is 9.59 Å². The summed E-state index contributed by atoms with van der Waals surface area (Å²) in [7, 11) is 0. The highest BCUT2D eigenvalue weighted by Gasteiger charge is 2.50. The van der Waals surface area contributed by atoms with E-state index in [1.807, 2.05) is 48.2 Å². The first-order chi connectivity index (χ1) is 13.1. The largest absolute Gasteiger partial charge is 0.325 e. The first kappa shape index (κ1) is 17.8. The number of amides is 2. The maximum Gasteiger partial charge on any atom is 0.230 e. The Bertz CT molecular complexity index is 890. The number of anilines is 2. The van der Waals surface area contributed by atoms with Crippen molar-refractivity contribution in [1.82, 2.24) is 0 Å². The van der Waals surface area contributed by atoms with Crippen LogP contribution < -0.4 is 10.2 Å². The number of hydrogen-bond donors (Lipinski definition) is 1. The van der Waals surface area contributed by atoms with E-state index >= 15 is 0 Å². The minimum absolute atomic E-state index is 0.0253. The van der Waals surface area contributed by atoms with Gasteiger partial charge < -0.3 is 10.2 Å². The van der Waals surface area contributed by atoms with Crippen molar-refractivity contribution in [2.45, 2.75) is 39.5 Å². The summed E-state index contributed by atoms with van der Waals surface area (Å²) < 4.78 is 0. The zero-order valence-electron chi connectivity index (χ0n) is 16.0. The molecule has 2 aromatic rings. The van der Waals surface area contributed by atoms with E-state index in [4.69, 9.17) is 0 Å². The van der Waals surface area contributed by atoms with Crippen LogP contribution in [0, 0.1) is 18.8 Å². The first-order valence-electron chi connectivity index (χ1n) is 9.88. The van der Waals surface area contributed by atoms with E-state index in [0.29, 0.717) is 6.42 Å². The van der Waals surface area contributed by atoms with Crippen LogP contribution in [0.4, 0.5) is 11.4 Å². The number of rotatable bonds is 4. The predicted octanol–water partition coefficient (Wildman–Crippen LogP) is 4.11. The molecule has 0 aromatic heterocycles. The summed E-state index contributed by atoms with van der Waals surface area (Å²) >= 11 is 0. The van der Waals surface area contributed by atoms with Crippen LogP contribution in [0.15, 0.2) is 42.5 Å². The highest BCUT2D eigenvalue weighted by molar-refractivity contribution is 6.05. The molecular weight excluding hydrogens is 336 g/mol. The maximum atomic E-state index is 13.0. The summed E-state index contributed by atoms with van der Waals surface area (Å²) in [5, 5.41) is 3.09. The lowest BCUT2D eigenvalue weighted by Gasteiger charge is -2.29.